The van der Waals surface area contributed by atoms with E-state index < -0.39 is 12.3 Å². The van der Waals surface area contributed by atoms with Crippen LogP contribution in [0.4, 0.5) is 0 Å². The van der Waals surface area contributed by atoms with Gasteiger partial charge in [-0.1, -0.05) is 56.0 Å². The van der Waals surface area contributed by atoms with Crippen LogP contribution in [0.5, 0.6) is 0 Å². The topological polar surface area (TPSA) is 52.9 Å². The van der Waals surface area contributed by atoms with Gasteiger partial charge in [0.25, 0.3) is 0 Å². The lowest BCUT2D eigenvalue weighted by Crippen LogP contribution is -2.39. The van der Waals surface area contributed by atoms with E-state index in [1.807, 2.05) is 29.2 Å². The Morgan fingerprint density at radius 3 is 2.31 bits per heavy atom. The lowest BCUT2D eigenvalue weighted by molar-refractivity contribution is 0.0501. The molecular formula is C23H28Cl2N2O2. The normalized spacial score (nSPS) is 14.6. The zero-order valence-electron chi connectivity index (χ0n) is 17.0. The molecule has 0 amide bonds. The minimum Gasteiger partial charge on any atom is -0.385 e. The van der Waals surface area contributed by atoms with Crippen LogP contribution in [0.15, 0.2) is 35.5 Å². The molecule has 2 atom stereocenters. The number of nitrogens with zero attached hydrogens (tertiary/aromatic N) is 2. The van der Waals surface area contributed by atoms with E-state index in [1.165, 1.54) is 0 Å². The molecule has 0 aromatic heterocycles. The molecule has 2 unspecified atom stereocenters. The maximum Gasteiger partial charge on any atom is 0.175 e. The van der Waals surface area contributed by atoms with Crippen molar-refractivity contribution in [3.8, 4) is 11.1 Å². The minimum atomic E-state index is -1.05. The first kappa shape index (κ1) is 22.2. The molecule has 1 N–H and O–H groups in total. The lowest BCUT2D eigenvalue weighted by Gasteiger charge is -2.31. The number of halogens is 2. The van der Waals surface area contributed by atoms with Gasteiger partial charge in [-0.05, 0) is 76.5 Å². The van der Waals surface area contributed by atoms with E-state index in [0.29, 0.717) is 22.0 Å². The second-order valence-electron chi connectivity index (χ2n) is 7.71. The Balaban J connectivity index is 2.01. The Morgan fingerprint density at radius 1 is 1.03 bits per heavy atom. The van der Waals surface area contributed by atoms with E-state index in [9.17, 15) is 10.0 Å². The number of aliphatic hydroxyl groups excluding tert-OH is 1. The van der Waals surface area contributed by atoms with Crippen LogP contribution in [0.25, 0.3) is 11.1 Å². The Hall–Kier alpha value is -1.46. The van der Waals surface area contributed by atoms with Crippen LogP contribution in [0, 0.1) is 4.91 Å². The monoisotopic (exact) mass is 434 g/mol. The first-order chi connectivity index (χ1) is 14.0. The van der Waals surface area contributed by atoms with Gasteiger partial charge in [0.2, 0.25) is 0 Å². The van der Waals surface area contributed by atoms with Crippen molar-refractivity contribution in [3.63, 3.8) is 0 Å². The van der Waals surface area contributed by atoms with E-state index in [2.05, 4.69) is 19.0 Å². The predicted molar refractivity (Wildman–Crippen MR) is 121 cm³/mol. The largest absolute Gasteiger partial charge is 0.385 e. The third kappa shape index (κ3) is 4.83. The Morgan fingerprint density at radius 2 is 1.69 bits per heavy atom. The van der Waals surface area contributed by atoms with Crippen molar-refractivity contribution >= 4 is 23.2 Å². The van der Waals surface area contributed by atoms with Crippen LogP contribution < -0.4 is 0 Å². The summed E-state index contributed by atoms with van der Waals surface area (Å²) in [6.07, 6.45) is 2.77. The fourth-order valence-electron chi connectivity index (χ4n) is 4.13. The summed E-state index contributed by atoms with van der Waals surface area (Å²) < 4.78 is 0. The molecule has 0 radical (unpaired) electrons. The average molecular weight is 435 g/mol. The molecule has 0 fully saturated rings. The number of rotatable bonds is 10. The summed E-state index contributed by atoms with van der Waals surface area (Å²) in [7, 11) is 0. The van der Waals surface area contributed by atoms with Crippen molar-refractivity contribution in [2.24, 2.45) is 5.18 Å². The van der Waals surface area contributed by atoms with Crippen LogP contribution in [-0.2, 0) is 6.42 Å². The summed E-state index contributed by atoms with van der Waals surface area (Å²) in [5, 5.41) is 15.9. The predicted octanol–water partition coefficient (Wildman–Crippen LogP) is 6.59. The van der Waals surface area contributed by atoms with Crippen LogP contribution >= 0.6 is 23.2 Å². The van der Waals surface area contributed by atoms with Gasteiger partial charge in [0, 0.05) is 23.1 Å². The standard InChI is InChI=1S/C23H28Cl2N2O2/c1-3-5-9-27(10-6-4-2)23(26-29)22(28)20-14-18(25)13-16-11-15-12-17(24)7-8-19(15)21(16)20/h7-8,12-14,22-23,28H,3-6,9-11H2,1-2H3. The van der Waals surface area contributed by atoms with Gasteiger partial charge < -0.3 is 5.11 Å². The van der Waals surface area contributed by atoms with E-state index in [-0.39, 0.29) is 0 Å². The van der Waals surface area contributed by atoms with Gasteiger partial charge in [-0.15, -0.1) is 4.91 Å². The summed E-state index contributed by atoms with van der Waals surface area (Å²) in [6, 6.07) is 9.47. The number of hydrogen-bond acceptors (Lipinski definition) is 4. The zero-order valence-corrected chi connectivity index (χ0v) is 18.5. The highest BCUT2D eigenvalue weighted by Crippen LogP contribution is 2.44. The van der Waals surface area contributed by atoms with Crippen LogP contribution in [0.1, 0.15) is 62.3 Å². The van der Waals surface area contributed by atoms with E-state index in [1.54, 1.807) is 6.07 Å². The Bertz CT molecular complexity index is 864. The highest BCUT2D eigenvalue weighted by Gasteiger charge is 2.33. The number of unbranched alkanes of at least 4 members (excludes halogenated alkanes) is 2. The van der Waals surface area contributed by atoms with E-state index >= 15 is 0 Å². The highest BCUT2D eigenvalue weighted by molar-refractivity contribution is 6.31. The summed E-state index contributed by atoms with van der Waals surface area (Å²) in [6.45, 7) is 5.70. The molecule has 1 aliphatic carbocycles. The zero-order chi connectivity index (χ0) is 21.0. The molecule has 0 saturated heterocycles. The van der Waals surface area contributed by atoms with Crippen LogP contribution in [-0.4, -0.2) is 29.3 Å². The average Bonchev–Trinajstić information content (AvgIpc) is 3.05. The second-order valence-corrected chi connectivity index (χ2v) is 8.59. The number of hydrogen-bond donors (Lipinski definition) is 1. The fraction of sp³-hybridized carbons (Fsp3) is 0.478. The van der Waals surface area contributed by atoms with Crippen molar-refractivity contribution < 1.29 is 5.11 Å². The molecule has 0 aliphatic heterocycles. The molecule has 4 nitrogen and oxygen atoms in total. The SMILES string of the molecule is CCCCN(CCCC)C(N=O)C(O)c1cc(Cl)cc2c1-c1ccc(Cl)cc1C2. The van der Waals surface area contributed by atoms with Gasteiger partial charge in [0.05, 0.1) is 0 Å². The molecule has 2 aromatic carbocycles. The maximum atomic E-state index is 11.9. The maximum absolute atomic E-state index is 11.9. The van der Waals surface area contributed by atoms with Gasteiger partial charge in [0.15, 0.2) is 6.17 Å². The molecule has 2 aromatic rings. The molecular weight excluding hydrogens is 407 g/mol. The molecule has 156 valence electrons. The van der Waals surface area contributed by atoms with Gasteiger partial charge in [-0.2, -0.15) is 0 Å². The van der Waals surface area contributed by atoms with Gasteiger partial charge in [-0.25, -0.2) is 0 Å². The number of benzene rings is 2. The van der Waals surface area contributed by atoms with Crippen LogP contribution in [0.2, 0.25) is 10.0 Å². The first-order valence-electron chi connectivity index (χ1n) is 10.4. The minimum absolute atomic E-state index is 0.551. The quantitative estimate of drug-likeness (QED) is 0.366. The highest BCUT2D eigenvalue weighted by atomic mass is 35.5. The van der Waals surface area contributed by atoms with Crippen molar-refractivity contribution in [1.29, 1.82) is 0 Å². The van der Waals surface area contributed by atoms with Crippen molar-refractivity contribution in [2.45, 2.75) is 58.2 Å². The Labute approximate surface area is 182 Å². The van der Waals surface area contributed by atoms with Crippen LogP contribution in [0.3, 0.4) is 0 Å². The van der Waals surface area contributed by atoms with Crippen molar-refractivity contribution in [1.82, 2.24) is 4.90 Å². The van der Waals surface area contributed by atoms with Gasteiger partial charge in [0.1, 0.15) is 6.10 Å². The first-order valence-corrected chi connectivity index (χ1v) is 11.1. The second kappa shape index (κ2) is 10.0. The van der Waals surface area contributed by atoms with E-state index in [4.69, 9.17) is 23.2 Å². The molecule has 6 heteroatoms. The summed E-state index contributed by atoms with van der Waals surface area (Å²) >= 11 is 12.6. The summed E-state index contributed by atoms with van der Waals surface area (Å²) in [5.41, 5.74) is 4.80. The molecule has 29 heavy (non-hydrogen) atoms. The third-order valence-corrected chi connectivity index (χ3v) is 6.07. The van der Waals surface area contributed by atoms with Crippen molar-refractivity contribution in [3.05, 3.63) is 62.0 Å². The van der Waals surface area contributed by atoms with Gasteiger partial charge in [-0.3, -0.25) is 4.90 Å². The molecule has 3 rings (SSSR count). The Kier molecular flexibility index (Phi) is 7.69. The smallest absolute Gasteiger partial charge is 0.175 e. The van der Waals surface area contributed by atoms with E-state index in [0.717, 1.165) is 61.0 Å². The fourth-order valence-corrected chi connectivity index (χ4v) is 4.57. The third-order valence-electron chi connectivity index (χ3n) is 5.61. The summed E-state index contributed by atoms with van der Waals surface area (Å²) in [4.78, 5) is 13.9. The number of aliphatic hydroxyl groups is 1. The molecule has 0 bridgehead atoms. The number of fused-ring (bicyclic) bond motifs is 3. The molecule has 1 aliphatic rings. The molecule has 0 spiro atoms. The summed E-state index contributed by atoms with van der Waals surface area (Å²) in [5.74, 6) is 0. The van der Waals surface area contributed by atoms with Gasteiger partial charge >= 0.3 is 0 Å². The number of nitroso groups, excluding NO2 is 1. The molecule has 0 heterocycles. The van der Waals surface area contributed by atoms with Crippen molar-refractivity contribution in [2.75, 3.05) is 13.1 Å². The lowest BCUT2D eigenvalue weighted by atomic mass is 9.94. The molecule has 0 saturated carbocycles.